The highest BCUT2D eigenvalue weighted by atomic mass is 19.1. The van der Waals surface area contributed by atoms with Crippen LogP contribution >= 0.6 is 0 Å². The maximum absolute atomic E-state index is 14.0. The van der Waals surface area contributed by atoms with Crippen LogP contribution in [0.4, 0.5) is 25.0 Å². The van der Waals surface area contributed by atoms with Crippen LogP contribution in [0, 0.1) is 11.6 Å². The molecule has 0 aliphatic carbocycles. The number of rotatable bonds is 2. The zero-order chi connectivity index (χ0) is 18.8. The van der Waals surface area contributed by atoms with Crippen LogP contribution in [-0.2, 0) is 0 Å². The van der Waals surface area contributed by atoms with Gasteiger partial charge in [0.2, 0.25) is 0 Å². The van der Waals surface area contributed by atoms with Crippen LogP contribution in [0.1, 0.15) is 27.2 Å². The molecule has 0 saturated carbocycles. The number of urea groups is 1. The summed E-state index contributed by atoms with van der Waals surface area (Å²) in [6, 6.07) is 1.97. The molecular weight excluding hydrogens is 326 g/mol. The molecule has 1 aromatic rings. The molecule has 140 valence electrons. The van der Waals surface area contributed by atoms with Crippen LogP contribution in [-0.4, -0.2) is 61.6 Å². The Kier molecular flexibility index (Phi) is 5.87. The standard InChI is InChI=1S/C18H28F2N4O/c1-18(2,3)24-8-6-7-23(9-10-24)17(25)21-13-11-14(19)16(22(4)5)15(20)12-13/h11-12H,6-10H2,1-5H3,(H,21,25). The SMILES string of the molecule is CN(C)c1c(F)cc(NC(=O)N2CCCN(C(C)(C)C)CC2)cc1F. The fourth-order valence-electron chi connectivity index (χ4n) is 3.06. The van der Waals surface area contributed by atoms with Gasteiger partial charge in [-0.05, 0) is 39.3 Å². The average Bonchev–Trinajstić information content (AvgIpc) is 2.71. The van der Waals surface area contributed by atoms with Gasteiger partial charge in [-0.15, -0.1) is 0 Å². The largest absolute Gasteiger partial charge is 0.373 e. The van der Waals surface area contributed by atoms with E-state index in [-0.39, 0.29) is 22.9 Å². The van der Waals surface area contributed by atoms with Crippen molar-refractivity contribution in [2.24, 2.45) is 0 Å². The van der Waals surface area contributed by atoms with Gasteiger partial charge < -0.3 is 15.1 Å². The normalized spacial score (nSPS) is 16.5. The summed E-state index contributed by atoms with van der Waals surface area (Å²) in [6.07, 6.45) is 0.868. The van der Waals surface area contributed by atoms with Gasteiger partial charge in [-0.1, -0.05) is 0 Å². The lowest BCUT2D eigenvalue weighted by Gasteiger charge is -2.34. The first-order valence-electron chi connectivity index (χ1n) is 8.57. The Hall–Kier alpha value is -1.89. The van der Waals surface area contributed by atoms with Crippen molar-refractivity contribution in [3.05, 3.63) is 23.8 Å². The van der Waals surface area contributed by atoms with Gasteiger partial charge >= 0.3 is 6.03 Å². The minimum atomic E-state index is -0.699. The molecule has 0 atom stereocenters. The van der Waals surface area contributed by atoms with E-state index < -0.39 is 11.6 Å². The summed E-state index contributed by atoms with van der Waals surface area (Å²) >= 11 is 0. The summed E-state index contributed by atoms with van der Waals surface area (Å²) in [5.74, 6) is -1.40. The minimum absolute atomic E-state index is 0.0563. The smallest absolute Gasteiger partial charge is 0.321 e. The molecule has 0 bridgehead atoms. The van der Waals surface area contributed by atoms with E-state index in [2.05, 4.69) is 31.0 Å². The van der Waals surface area contributed by atoms with Crippen molar-refractivity contribution in [1.29, 1.82) is 0 Å². The van der Waals surface area contributed by atoms with Crippen molar-refractivity contribution >= 4 is 17.4 Å². The zero-order valence-electron chi connectivity index (χ0n) is 15.7. The molecule has 1 aliphatic rings. The average molecular weight is 354 g/mol. The first kappa shape index (κ1) is 19.4. The summed E-state index contributed by atoms with van der Waals surface area (Å²) in [5.41, 5.74) is 0.0666. The molecule has 1 aliphatic heterocycles. The van der Waals surface area contributed by atoms with Crippen molar-refractivity contribution in [3.8, 4) is 0 Å². The molecule has 1 saturated heterocycles. The van der Waals surface area contributed by atoms with Crippen LogP contribution in [0.5, 0.6) is 0 Å². The molecule has 5 nitrogen and oxygen atoms in total. The highest BCUT2D eigenvalue weighted by Gasteiger charge is 2.26. The highest BCUT2D eigenvalue weighted by molar-refractivity contribution is 5.89. The molecule has 1 aromatic carbocycles. The van der Waals surface area contributed by atoms with Crippen molar-refractivity contribution in [1.82, 2.24) is 9.80 Å². The van der Waals surface area contributed by atoms with Gasteiger partial charge in [0.1, 0.15) is 5.69 Å². The predicted octanol–water partition coefficient (Wildman–Crippen LogP) is 3.37. The molecule has 2 rings (SSSR count). The second kappa shape index (κ2) is 7.56. The van der Waals surface area contributed by atoms with Gasteiger partial charge in [-0.3, -0.25) is 4.90 Å². The van der Waals surface area contributed by atoms with Gasteiger partial charge in [0.25, 0.3) is 0 Å². The van der Waals surface area contributed by atoms with Gasteiger partial charge in [-0.25, -0.2) is 13.6 Å². The third-order valence-corrected chi connectivity index (χ3v) is 4.45. The number of anilines is 2. The quantitative estimate of drug-likeness (QED) is 0.885. The molecule has 1 N–H and O–H groups in total. The Morgan fingerprint density at radius 2 is 1.68 bits per heavy atom. The van der Waals surface area contributed by atoms with E-state index in [9.17, 15) is 13.6 Å². The van der Waals surface area contributed by atoms with Gasteiger partial charge in [0.15, 0.2) is 11.6 Å². The van der Waals surface area contributed by atoms with Crippen LogP contribution in [0.2, 0.25) is 0 Å². The van der Waals surface area contributed by atoms with Crippen molar-refractivity contribution in [2.75, 3.05) is 50.5 Å². The molecule has 25 heavy (non-hydrogen) atoms. The second-order valence-corrected chi connectivity index (χ2v) is 7.61. The molecular formula is C18H28F2N4O. The lowest BCUT2D eigenvalue weighted by Crippen LogP contribution is -2.44. The van der Waals surface area contributed by atoms with E-state index in [1.165, 1.54) is 4.90 Å². The summed E-state index contributed by atoms with van der Waals surface area (Å²) in [4.78, 5) is 17.9. The number of nitrogens with one attached hydrogen (secondary N) is 1. The van der Waals surface area contributed by atoms with E-state index in [4.69, 9.17) is 0 Å². The third-order valence-electron chi connectivity index (χ3n) is 4.45. The molecule has 1 heterocycles. The zero-order valence-corrected chi connectivity index (χ0v) is 15.7. The highest BCUT2D eigenvalue weighted by Crippen LogP contribution is 2.26. The van der Waals surface area contributed by atoms with Crippen molar-refractivity contribution < 1.29 is 13.6 Å². The molecule has 2 amide bonds. The molecule has 0 unspecified atom stereocenters. The van der Waals surface area contributed by atoms with Crippen molar-refractivity contribution in [2.45, 2.75) is 32.7 Å². The van der Waals surface area contributed by atoms with Crippen LogP contribution < -0.4 is 10.2 Å². The summed E-state index contributed by atoms with van der Waals surface area (Å²) in [5, 5.41) is 2.61. The van der Waals surface area contributed by atoms with Gasteiger partial charge in [-0.2, -0.15) is 0 Å². The summed E-state index contributed by atoms with van der Waals surface area (Å²) < 4.78 is 28.1. The van der Waals surface area contributed by atoms with Gasteiger partial charge in [0, 0.05) is 51.5 Å². The number of carbonyl (C=O) groups is 1. The van der Waals surface area contributed by atoms with E-state index in [0.717, 1.165) is 31.6 Å². The van der Waals surface area contributed by atoms with Crippen molar-refractivity contribution in [3.63, 3.8) is 0 Å². The molecule has 1 fully saturated rings. The Morgan fingerprint density at radius 1 is 1.08 bits per heavy atom. The number of benzene rings is 1. The Bertz CT molecular complexity index is 605. The summed E-state index contributed by atoms with van der Waals surface area (Å²) in [6.45, 7) is 9.37. The number of halogens is 2. The predicted molar refractivity (Wildman–Crippen MR) is 97.2 cm³/mol. The molecule has 0 aromatic heterocycles. The van der Waals surface area contributed by atoms with Crippen LogP contribution in [0.25, 0.3) is 0 Å². The second-order valence-electron chi connectivity index (χ2n) is 7.61. The maximum Gasteiger partial charge on any atom is 0.321 e. The number of hydrogen-bond donors (Lipinski definition) is 1. The van der Waals surface area contributed by atoms with Crippen LogP contribution in [0.15, 0.2) is 12.1 Å². The number of carbonyl (C=O) groups excluding carboxylic acids is 1. The van der Waals surface area contributed by atoms with E-state index in [1.54, 1.807) is 19.0 Å². The minimum Gasteiger partial charge on any atom is -0.373 e. The van der Waals surface area contributed by atoms with E-state index in [0.29, 0.717) is 13.1 Å². The lowest BCUT2D eigenvalue weighted by molar-refractivity contribution is 0.142. The Morgan fingerprint density at radius 3 is 2.20 bits per heavy atom. The Balaban J connectivity index is 2.05. The monoisotopic (exact) mass is 354 g/mol. The van der Waals surface area contributed by atoms with E-state index >= 15 is 0 Å². The Labute approximate surface area is 148 Å². The fraction of sp³-hybridized carbons (Fsp3) is 0.611. The molecule has 7 heteroatoms. The molecule has 0 spiro atoms. The van der Waals surface area contributed by atoms with E-state index in [1.807, 2.05) is 0 Å². The number of hydrogen-bond acceptors (Lipinski definition) is 3. The lowest BCUT2D eigenvalue weighted by atomic mass is 10.1. The van der Waals surface area contributed by atoms with Gasteiger partial charge in [0.05, 0.1) is 0 Å². The molecule has 0 radical (unpaired) electrons. The fourth-order valence-corrected chi connectivity index (χ4v) is 3.06. The number of amides is 2. The first-order valence-corrected chi connectivity index (χ1v) is 8.57. The van der Waals surface area contributed by atoms with Crippen LogP contribution in [0.3, 0.4) is 0 Å². The first-order chi connectivity index (χ1) is 11.6. The maximum atomic E-state index is 14.0. The topological polar surface area (TPSA) is 38.8 Å². The third kappa shape index (κ3) is 4.81. The number of nitrogens with zero attached hydrogens (tertiary/aromatic N) is 3. The summed E-state index contributed by atoms with van der Waals surface area (Å²) in [7, 11) is 3.13.